The number of amides is 2. The van der Waals surface area contributed by atoms with Crippen molar-refractivity contribution in [2.45, 2.75) is 0 Å². The van der Waals surface area contributed by atoms with Crippen LogP contribution in [0.1, 0.15) is 20.8 Å². The first-order valence-corrected chi connectivity index (χ1v) is 7.10. The highest BCUT2D eigenvalue weighted by Gasteiger charge is 2.15. The lowest BCUT2D eigenvalue weighted by Crippen LogP contribution is -2.42. The van der Waals surface area contributed by atoms with Crippen LogP contribution in [0.15, 0.2) is 67.1 Å². The molecular formula is C17H13FN4O2. The van der Waals surface area contributed by atoms with Gasteiger partial charge in [0.2, 0.25) is 0 Å². The maximum atomic E-state index is 13.5. The number of imidazole rings is 1. The first-order valence-electron chi connectivity index (χ1n) is 7.10. The number of halogens is 1. The molecule has 0 bridgehead atoms. The number of nitrogens with zero attached hydrogens (tertiary/aromatic N) is 2. The first kappa shape index (κ1) is 15.4. The van der Waals surface area contributed by atoms with E-state index in [1.807, 2.05) is 30.3 Å². The Bertz CT molecular complexity index is 877. The van der Waals surface area contributed by atoms with Crippen molar-refractivity contribution in [2.75, 3.05) is 0 Å². The molecule has 0 aliphatic carbocycles. The SMILES string of the molecule is O=C(NNC(=O)c1cncn1-c1ccccc1)c1ccccc1F. The molecule has 3 aromatic rings. The van der Waals surface area contributed by atoms with E-state index in [9.17, 15) is 14.0 Å². The van der Waals surface area contributed by atoms with Crippen molar-refractivity contribution in [3.05, 3.63) is 84.2 Å². The number of aromatic nitrogens is 2. The summed E-state index contributed by atoms with van der Waals surface area (Å²) in [5.41, 5.74) is 5.27. The topological polar surface area (TPSA) is 76.0 Å². The van der Waals surface area contributed by atoms with Crippen LogP contribution in [-0.2, 0) is 0 Å². The van der Waals surface area contributed by atoms with Gasteiger partial charge in [0.15, 0.2) is 0 Å². The van der Waals surface area contributed by atoms with E-state index in [1.165, 1.54) is 36.8 Å². The van der Waals surface area contributed by atoms with Gasteiger partial charge in [-0.25, -0.2) is 9.37 Å². The molecule has 0 radical (unpaired) electrons. The van der Waals surface area contributed by atoms with Gasteiger partial charge in [0.05, 0.1) is 18.1 Å². The van der Waals surface area contributed by atoms with Gasteiger partial charge >= 0.3 is 0 Å². The number of rotatable bonds is 3. The number of nitrogens with one attached hydrogen (secondary N) is 2. The van der Waals surface area contributed by atoms with E-state index < -0.39 is 17.6 Å². The molecule has 0 saturated heterocycles. The lowest BCUT2D eigenvalue weighted by Gasteiger charge is -2.10. The van der Waals surface area contributed by atoms with E-state index in [4.69, 9.17) is 0 Å². The summed E-state index contributed by atoms with van der Waals surface area (Å²) in [6.07, 6.45) is 2.86. The van der Waals surface area contributed by atoms with Gasteiger partial charge in [-0.05, 0) is 24.3 Å². The van der Waals surface area contributed by atoms with Crippen molar-refractivity contribution in [2.24, 2.45) is 0 Å². The van der Waals surface area contributed by atoms with Gasteiger partial charge < -0.3 is 0 Å². The van der Waals surface area contributed by atoms with Crippen LogP contribution in [0.25, 0.3) is 5.69 Å². The molecule has 2 amide bonds. The third-order valence-electron chi connectivity index (χ3n) is 3.31. The van der Waals surface area contributed by atoms with Gasteiger partial charge in [0.25, 0.3) is 11.8 Å². The van der Waals surface area contributed by atoms with Gasteiger partial charge in [-0.1, -0.05) is 30.3 Å². The van der Waals surface area contributed by atoms with Gasteiger partial charge in [-0.3, -0.25) is 25.0 Å². The molecule has 7 heteroatoms. The lowest BCUT2D eigenvalue weighted by atomic mass is 10.2. The molecule has 0 aliphatic heterocycles. The molecule has 120 valence electrons. The fourth-order valence-corrected chi connectivity index (χ4v) is 2.15. The Morgan fingerprint density at radius 3 is 2.33 bits per heavy atom. The van der Waals surface area contributed by atoms with Gasteiger partial charge in [0, 0.05) is 5.69 Å². The number of para-hydroxylation sites is 1. The average Bonchev–Trinajstić information content (AvgIpc) is 3.10. The second-order valence-electron chi connectivity index (χ2n) is 4.87. The number of hydrogen-bond acceptors (Lipinski definition) is 3. The zero-order valence-electron chi connectivity index (χ0n) is 12.4. The minimum Gasteiger partial charge on any atom is -0.295 e. The average molecular weight is 324 g/mol. The zero-order chi connectivity index (χ0) is 16.9. The Labute approximate surface area is 136 Å². The second-order valence-corrected chi connectivity index (χ2v) is 4.87. The largest absolute Gasteiger partial charge is 0.295 e. The van der Waals surface area contributed by atoms with Crippen LogP contribution < -0.4 is 10.9 Å². The van der Waals surface area contributed by atoms with E-state index in [1.54, 1.807) is 4.57 Å². The fraction of sp³-hybridized carbons (Fsp3) is 0. The molecule has 2 aromatic carbocycles. The molecule has 0 atom stereocenters. The Morgan fingerprint density at radius 1 is 0.917 bits per heavy atom. The Balaban J connectivity index is 1.72. The molecule has 1 heterocycles. The Hall–Kier alpha value is -3.48. The maximum absolute atomic E-state index is 13.5. The number of carbonyl (C=O) groups is 2. The minimum atomic E-state index is -0.743. The first-order chi connectivity index (χ1) is 11.7. The molecule has 0 fully saturated rings. The number of hydrazine groups is 1. The van der Waals surface area contributed by atoms with Gasteiger partial charge in [0.1, 0.15) is 11.5 Å². The van der Waals surface area contributed by atoms with E-state index in [0.717, 1.165) is 5.69 Å². The van der Waals surface area contributed by atoms with Crippen molar-refractivity contribution in [3.63, 3.8) is 0 Å². The third-order valence-corrected chi connectivity index (χ3v) is 3.31. The van der Waals surface area contributed by atoms with Crippen molar-refractivity contribution in [1.29, 1.82) is 0 Å². The molecule has 0 spiro atoms. The molecule has 3 rings (SSSR count). The molecule has 6 nitrogen and oxygen atoms in total. The van der Waals surface area contributed by atoms with Crippen molar-refractivity contribution >= 4 is 11.8 Å². The van der Waals surface area contributed by atoms with Crippen molar-refractivity contribution < 1.29 is 14.0 Å². The van der Waals surface area contributed by atoms with Crippen LogP contribution in [0.2, 0.25) is 0 Å². The number of carbonyl (C=O) groups excluding carboxylic acids is 2. The normalized spacial score (nSPS) is 10.2. The van der Waals surface area contributed by atoms with Crippen molar-refractivity contribution in [3.8, 4) is 5.69 Å². The summed E-state index contributed by atoms with van der Waals surface area (Å²) in [7, 11) is 0. The van der Waals surface area contributed by atoms with Crippen LogP contribution in [-0.4, -0.2) is 21.4 Å². The van der Waals surface area contributed by atoms with Crippen LogP contribution in [0.3, 0.4) is 0 Å². The maximum Gasteiger partial charge on any atom is 0.288 e. The summed E-state index contributed by atoms with van der Waals surface area (Å²) in [5, 5.41) is 0. The summed E-state index contributed by atoms with van der Waals surface area (Å²) in [6.45, 7) is 0. The molecule has 0 aliphatic rings. The summed E-state index contributed by atoms with van der Waals surface area (Å²) in [6, 6.07) is 14.6. The second kappa shape index (κ2) is 6.74. The van der Waals surface area contributed by atoms with E-state index >= 15 is 0 Å². The lowest BCUT2D eigenvalue weighted by molar-refractivity contribution is 0.0840. The zero-order valence-corrected chi connectivity index (χ0v) is 12.4. The smallest absolute Gasteiger partial charge is 0.288 e. The molecular weight excluding hydrogens is 311 g/mol. The van der Waals surface area contributed by atoms with Crippen LogP contribution in [0.4, 0.5) is 4.39 Å². The highest BCUT2D eigenvalue weighted by Crippen LogP contribution is 2.10. The summed E-state index contributed by atoms with van der Waals surface area (Å²) in [5.74, 6) is -1.98. The molecule has 24 heavy (non-hydrogen) atoms. The molecule has 2 N–H and O–H groups in total. The van der Waals surface area contributed by atoms with E-state index in [-0.39, 0.29) is 11.3 Å². The van der Waals surface area contributed by atoms with E-state index in [2.05, 4.69) is 15.8 Å². The summed E-state index contributed by atoms with van der Waals surface area (Å²) < 4.78 is 15.1. The number of hydrogen-bond donors (Lipinski definition) is 2. The predicted octanol–water partition coefficient (Wildman–Crippen LogP) is 2.09. The monoisotopic (exact) mass is 324 g/mol. The Morgan fingerprint density at radius 2 is 1.58 bits per heavy atom. The summed E-state index contributed by atoms with van der Waals surface area (Å²) >= 11 is 0. The molecule has 1 aromatic heterocycles. The predicted molar refractivity (Wildman–Crippen MR) is 84.9 cm³/mol. The van der Waals surface area contributed by atoms with Crippen molar-refractivity contribution in [1.82, 2.24) is 20.4 Å². The fourth-order valence-electron chi connectivity index (χ4n) is 2.15. The third kappa shape index (κ3) is 3.14. The Kier molecular flexibility index (Phi) is 4.33. The van der Waals surface area contributed by atoms with Gasteiger partial charge in [-0.2, -0.15) is 0 Å². The van der Waals surface area contributed by atoms with Crippen LogP contribution in [0, 0.1) is 5.82 Å². The molecule has 0 saturated carbocycles. The van der Waals surface area contributed by atoms with Crippen LogP contribution in [0.5, 0.6) is 0 Å². The molecule has 0 unspecified atom stereocenters. The van der Waals surface area contributed by atoms with E-state index in [0.29, 0.717) is 0 Å². The summed E-state index contributed by atoms with van der Waals surface area (Å²) in [4.78, 5) is 28.1. The number of benzene rings is 2. The highest BCUT2D eigenvalue weighted by molar-refractivity contribution is 5.98. The van der Waals surface area contributed by atoms with Gasteiger partial charge in [-0.15, -0.1) is 0 Å². The quantitative estimate of drug-likeness (QED) is 0.724. The standard InChI is InChI=1S/C17H13FN4O2/c18-14-9-5-4-8-13(14)16(23)20-21-17(24)15-10-19-11-22(15)12-6-2-1-3-7-12/h1-11H,(H,20,23)(H,21,24). The minimum absolute atomic E-state index is 0.158. The highest BCUT2D eigenvalue weighted by atomic mass is 19.1. The van der Waals surface area contributed by atoms with Crippen LogP contribution >= 0.6 is 0 Å².